The molecule has 1 amide bonds. The van der Waals surface area contributed by atoms with Gasteiger partial charge in [-0.1, -0.05) is 28.1 Å². The van der Waals surface area contributed by atoms with Crippen LogP contribution in [0.2, 0.25) is 0 Å². The van der Waals surface area contributed by atoms with Crippen LogP contribution in [0.1, 0.15) is 25.3 Å². The highest BCUT2D eigenvalue weighted by Gasteiger charge is 2.29. The van der Waals surface area contributed by atoms with Gasteiger partial charge in [0, 0.05) is 16.1 Å². The number of hydrogen-bond acceptors (Lipinski definition) is 1. The molecule has 0 saturated heterocycles. The lowest BCUT2D eigenvalue weighted by Gasteiger charge is -2.21. The molecule has 1 unspecified atom stereocenters. The van der Waals surface area contributed by atoms with Gasteiger partial charge in [-0.25, -0.2) is 0 Å². The Bertz CT molecular complexity index is 414. The second-order valence-corrected chi connectivity index (χ2v) is 6.07. The third-order valence-corrected chi connectivity index (χ3v) is 3.98. The van der Waals surface area contributed by atoms with Crippen molar-refractivity contribution < 1.29 is 9.69 Å². The highest BCUT2D eigenvalue weighted by Crippen LogP contribution is 2.18. The second-order valence-electron chi connectivity index (χ2n) is 5.15. The van der Waals surface area contributed by atoms with Gasteiger partial charge in [0.15, 0.2) is 6.04 Å². The van der Waals surface area contributed by atoms with Crippen molar-refractivity contribution in [2.75, 3.05) is 7.05 Å². The zero-order valence-corrected chi connectivity index (χ0v) is 12.5. The molecule has 1 aromatic carbocycles. The topological polar surface area (TPSA) is 33.5 Å². The van der Waals surface area contributed by atoms with Crippen LogP contribution < -0.4 is 10.2 Å². The molecule has 1 fully saturated rings. The quantitative estimate of drug-likeness (QED) is 0.840. The fourth-order valence-corrected chi connectivity index (χ4v) is 2.12. The zero-order chi connectivity index (χ0) is 13.1. The highest BCUT2D eigenvalue weighted by atomic mass is 79.9. The number of likely N-dealkylation sites (N-methyl/N-ethyl adjacent to an activating group) is 1. The second kappa shape index (κ2) is 5.85. The summed E-state index contributed by atoms with van der Waals surface area (Å²) in [5, 5.41) is 3.06. The van der Waals surface area contributed by atoms with Crippen LogP contribution in [0.25, 0.3) is 0 Å². The molecule has 3 nitrogen and oxygen atoms in total. The van der Waals surface area contributed by atoms with E-state index in [1.54, 1.807) is 0 Å². The maximum Gasteiger partial charge on any atom is 0.278 e. The number of carbonyl (C=O) groups is 1. The number of quaternary nitrogens is 1. The fraction of sp³-hybridized carbons (Fsp3) is 0.500. The van der Waals surface area contributed by atoms with Crippen molar-refractivity contribution in [3.63, 3.8) is 0 Å². The lowest BCUT2D eigenvalue weighted by molar-refractivity contribution is -0.908. The summed E-state index contributed by atoms with van der Waals surface area (Å²) in [6.45, 7) is 2.86. The van der Waals surface area contributed by atoms with Crippen molar-refractivity contribution in [3.05, 3.63) is 34.3 Å². The molecular formula is C14H20BrN2O+. The molecule has 2 N–H and O–H groups in total. The van der Waals surface area contributed by atoms with E-state index < -0.39 is 0 Å². The minimum atomic E-state index is -0.00533. The molecule has 2 atom stereocenters. The molecule has 18 heavy (non-hydrogen) atoms. The van der Waals surface area contributed by atoms with Crippen molar-refractivity contribution in [3.8, 4) is 0 Å². The number of rotatable bonds is 5. The zero-order valence-electron chi connectivity index (χ0n) is 10.9. The number of nitrogens with one attached hydrogen (secondary N) is 2. The molecule has 1 aromatic rings. The van der Waals surface area contributed by atoms with E-state index in [0.717, 1.165) is 23.9 Å². The number of benzene rings is 1. The van der Waals surface area contributed by atoms with Gasteiger partial charge in [0.05, 0.1) is 7.05 Å². The average molecular weight is 312 g/mol. The molecule has 0 heterocycles. The highest BCUT2D eigenvalue weighted by molar-refractivity contribution is 9.10. The van der Waals surface area contributed by atoms with Crippen LogP contribution in [0.15, 0.2) is 28.7 Å². The van der Waals surface area contributed by atoms with Crippen molar-refractivity contribution >= 4 is 21.8 Å². The van der Waals surface area contributed by atoms with Crippen molar-refractivity contribution in [2.45, 2.75) is 38.4 Å². The molecule has 1 aliphatic carbocycles. The number of carbonyl (C=O) groups excluding carboxylic acids is 1. The summed E-state index contributed by atoms with van der Waals surface area (Å²) in [6.07, 6.45) is 2.29. The monoisotopic (exact) mass is 311 g/mol. The molecular weight excluding hydrogens is 292 g/mol. The van der Waals surface area contributed by atoms with Gasteiger partial charge in [0.2, 0.25) is 0 Å². The number of amides is 1. The van der Waals surface area contributed by atoms with Crippen molar-refractivity contribution in [1.82, 2.24) is 5.32 Å². The van der Waals surface area contributed by atoms with Crippen LogP contribution in [0.4, 0.5) is 0 Å². The van der Waals surface area contributed by atoms with Gasteiger partial charge < -0.3 is 10.2 Å². The minimum absolute atomic E-state index is 0.00533. The predicted octanol–water partition coefficient (Wildman–Crippen LogP) is 1.13. The van der Waals surface area contributed by atoms with E-state index in [2.05, 4.69) is 40.4 Å². The maximum absolute atomic E-state index is 11.9. The maximum atomic E-state index is 11.9. The normalized spacial score (nSPS) is 18.2. The summed E-state index contributed by atoms with van der Waals surface area (Å²) in [5.41, 5.74) is 1.25. The Hall–Kier alpha value is -0.870. The Balaban J connectivity index is 1.87. The molecule has 1 saturated carbocycles. The Labute approximate surface area is 117 Å². The van der Waals surface area contributed by atoms with Crippen LogP contribution in [-0.2, 0) is 11.3 Å². The van der Waals surface area contributed by atoms with E-state index in [4.69, 9.17) is 0 Å². The summed E-state index contributed by atoms with van der Waals surface area (Å²) in [4.78, 5) is 13.2. The summed E-state index contributed by atoms with van der Waals surface area (Å²) >= 11 is 3.43. The summed E-state index contributed by atoms with van der Waals surface area (Å²) in [5.74, 6) is 0.173. The van der Waals surface area contributed by atoms with Gasteiger partial charge in [-0.3, -0.25) is 4.79 Å². The first-order chi connectivity index (χ1) is 8.56. The molecule has 0 aliphatic heterocycles. The van der Waals surface area contributed by atoms with E-state index >= 15 is 0 Å². The van der Waals surface area contributed by atoms with Crippen molar-refractivity contribution in [2.24, 2.45) is 0 Å². The SMILES string of the molecule is C[C@H](C(=O)NC1CC1)[NH+](C)Cc1ccc(Br)cc1. The largest absolute Gasteiger partial charge is 0.348 e. The lowest BCUT2D eigenvalue weighted by atomic mass is 10.2. The predicted molar refractivity (Wildman–Crippen MR) is 75.4 cm³/mol. The van der Waals surface area contributed by atoms with Gasteiger partial charge in [-0.05, 0) is 31.9 Å². The lowest BCUT2D eigenvalue weighted by Crippen LogP contribution is -3.12. The first-order valence-corrected chi connectivity index (χ1v) is 7.22. The molecule has 98 valence electrons. The Morgan fingerprint density at radius 1 is 1.44 bits per heavy atom. The molecule has 0 aromatic heterocycles. The van der Waals surface area contributed by atoms with Gasteiger partial charge >= 0.3 is 0 Å². The van der Waals surface area contributed by atoms with Crippen molar-refractivity contribution in [1.29, 1.82) is 0 Å². The number of halogens is 1. The van der Waals surface area contributed by atoms with Gasteiger partial charge in [0.25, 0.3) is 5.91 Å². The molecule has 0 spiro atoms. The van der Waals surface area contributed by atoms with E-state index in [9.17, 15) is 4.79 Å². The summed E-state index contributed by atoms with van der Waals surface area (Å²) in [7, 11) is 2.07. The Morgan fingerprint density at radius 3 is 2.61 bits per heavy atom. The number of hydrogen-bond donors (Lipinski definition) is 2. The fourth-order valence-electron chi connectivity index (χ4n) is 1.85. The molecule has 2 rings (SSSR count). The Morgan fingerprint density at radius 2 is 2.06 bits per heavy atom. The first-order valence-electron chi connectivity index (χ1n) is 6.43. The van der Waals surface area contributed by atoms with Crippen LogP contribution in [0, 0.1) is 0 Å². The summed E-state index contributed by atoms with van der Waals surface area (Å²) < 4.78 is 1.09. The van der Waals surface area contributed by atoms with E-state index in [1.165, 1.54) is 10.5 Å². The van der Waals surface area contributed by atoms with Crippen LogP contribution in [0.5, 0.6) is 0 Å². The molecule has 0 bridgehead atoms. The standard InChI is InChI=1S/C14H19BrN2O/c1-10(14(18)16-13-7-8-13)17(2)9-11-3-5-12(15)6-4-11/h3-6,10,13H,7-9H2,1-2H3,(H,16,18)/p+1/t10-/m1/s1. The summed E-state index contributed by atoms with van der Waals surface area (Å²) in [6, 6.07) is 8.71. The smallest absolute Gasteiger partial charge is 0.278 e. The van der Waals surface area contributed by atoms with Gasteiger partial charge in [-0.15, -0.1) is 0 Å². The van der Waals surface area contributed by atoms with E-state index in [0.29, 0.717) is 6.04 Å². The first kappa shape index (κ1) is 13.6. The minimum Gasteiger partial charge on any atom is -0.348 e. The van der Waals surface area contributed by atoms with Gasteiger partial charge in [-0.2, -0.15) is 0 Å². The average Bonchev–Trinajstić information content (AvgIpc) is 3.15. The van der Waals surface area contributed by atoms with Gasteiger partial charge in [0.1, 0.15) is 6.54 Å². The van der Waals surface area contributed by atoms with Crippen LogP contribution in [-0.4, -0.2) is 25.0 Å². The van der Waals surface area contributed by atoms with E-state index in [-0.39, 0.29) is 11.9 Å². The van der Waals surface area contributed by atoms with Crippen LogP contribution >= 0.6 is 15.9 Å². The van der Waals surface area contributed by atoms with E-state index in [1.807, 2.05) is 19.1 Å². The molecule has 4 heteroatoms. The third kappa shape index (κ3) is 3.82. The van der Waals surface area contributed by atoms with Crippen LogP contribution in [0.3, 0.4) is 0 Å². The Kier molecular flexibility index (Phi) is 4.40. The third-order valence-electron chi connectivity index (χ3n) is 3.45. The molecule has 0 radical (unpaired) electrons. The molecule has 1 aliphatic rings.